The van der Waals surface area contributed by atoms with Gasteiger partial charge in [0.1, 0.15) is 11.5 Å². The zero-order chi connectivity index (χ0) is 29.4. The molecule has 0 bridgehead atoms. The lowest BCUT2D eigenvalue weighted by Crippen LogP contribution is -2.14. The fourth-order valence-corrected chi connectivity index (χ4v) is 5.51. The summed E-state index contributed by atoms with van der Waals surface area (Å²) in [5, 5.41) is 0. The SMILES string of the molecule is C=C(F)C(=O)Oc1ccc(-c2ccc(-c3ccc(OC(=O)C(=C)COC)cc3)cc2)c(C2CCC(CCC)CC2)c1. The van der Waals surface area contributed by atoms with E-state index in [0.29, 0.717) is 17.4 Å². The van der Waals surface area contributed by atoms with E-state index < -0.39 is 17.8 Å². The molecule has 5 nitrogen and oxygen atoms in total. The number of carbonyl (C=O) groups excluding carboxylic acids is 2. The van der Waals surface area contributed by atoms with Gasteiger partial charge < -0.3 is 14.2 Å². The van der Waals surface area contributed by atoms with E-state index in [4.69, 9.17) is 14.2 Å². The Labute approximate surface area is 241 Å². The molecule has 214 valence electrons. The second-order valence-electron chi connectivity index (χ2n) is 10.6. The molecule has 0 N–H and O–H groups in total. The van der Waals surface area contributed by atoms with Gasteiger partial charge >= 0.3 is 11.9 Å². The van der Waals surface area contributed by atoms with Crippen LogP contribution >= 0.6 is 0 Å². The normalized spacial score (nSPS) is 16.6. The van der Waals surface area contributed by atoms with E-state index in [-0.39, 0.29) is 12.2 Å². The van der Waals surface area contributed by atoms with Gasteiger partial charge in [0.25, 0.3) is 0 Å². The Morgan fingerprint density at radius 3 is 1.95 bits per heavy atom. The van der Waals surface area contributed by atoms with Crippen molar-refractivity contribution in [3.05, 3.63) is 96.9 Å². The summed E-state index contributed by atoms with van der Waals surface area (Å²) in [5.41, 5.74) is 5.49. The van der Waals surface area contributed by atoms with Crippen LogP contribution in [0.5, 0.6) is 11.5 Å². The smallest absolute Gasteiger partial charge is 0.371 e. The Balaban J connectivity index is 1.55. The highest BCUT2D eigenvalue weighted by Gasteiger charge is 2.25. The first-order valence-electron chi connectivity index (χ1n) is 14.1. The fraction of sp³-hybridized carbons (Fsp3) is 0.314. The third-order valence-corrected chi connectivity index (χ3v) is 7.64. The van der Waals surface area contributed by atoms with Gasteiger partial charge in [-0.3, -0.25) is 0 Å². The Morgan fingerprint density at radius 2 is 1.37 bits per heavy atom. The summed E-state index contributed by atoms with van der Waals surface area (Å²) in [6.45, 7) is 9.07. The van der Waals surface area contributed by atoms with Crippen molar-refractivity contribution in [1.29, 1.82) is 0 Å². The van der Waals surface area contributed by atoms with Crippen LogP contribution < -0.4 is 9.47 Å². The quantitative estimate of drug-likeness (QED) is 0.134. The van der Waals surface area contributed by atoms with E-state index in [9.17, 15) is 14.0 Å². The molecular weight excluding hydrogens is 519 g/mol. The fourth-order valence-electron chi connectivity index (χ4n) is 5.51. The predicted octanol–water partition coefficient (Wildman–Crippen LogP) is 8.59. The van der Waals surface area contributed by atoms with Crippen LogP contribution in [0.4, 0.5) is 4.39 Å². The topological polar surface area (TPSA) is 61.8 Å². The number of rotatable bonds is 11. The molecule has 3 aromatic rings. The average Bonchev–Trinajstić information content (AvgIpc) is 2.98. The van der Waals surface area contributed by atoms with Crippen molar-refractivity contribution in [3.8, 4) is 33.8 Å². The van der Waals surface area contributed by atoms with Crippen molar-refractivity contribution in [2.24, 2.45) is 5.92 Å². The molecule has 1 aliphatic carbocycles. The van der Waals surface area contributed by atoms with Crippen molar-refractivity contribution in [3.63, 3.8) is 0 Å². The van der Waals surface area contributed by atoms with Gasteiger partial charge in [-0.15, -0.1) is 0 Å². The van der Waals surface area contributed by atoms with Crippen LogP contribution in [0.1, 0.15) is 56.9 Å². The number of ether oxygens (including phenoxy) is 3. The largest absolute Gasteiger partial charge is 0.423 e. The van der Waals surface area contributed by atoms with Crippen molar-refractivity contribution >= 4 is 11.9 Å². The van der Waals surface area contributed by atoms with Gasteiger partial charge in [-0.05, 0) is 89.6 Å². The first kappa shape index (κ1) is 29.9. The highest BCUT2D eigenvalue weighted by molar-refractivity contribution is 5.90. The highest BCUT2D eigenvalue weighted by Crippen LogP contribution is 2.42. The van der Waals surface area contributed by atoms with Crippen LogP contribution in [0.25, 0.3) is 22.3 Å². The summed E-state index contributed by atoms with van der Waals surface area (Å²) in [7, 11) is 1.50. The van der Waals surface area contributed by atoms with Crippen LogP contribution in [0.3, 0.4) is 0 Å². The molecule has 0 amide bonds. The first-order chi connectivity index (χ1) is 19.8. The molecule has 0 aliphatic heterocycles. The molecule has 1 saturated carbocycles. The van der Waals surface area contributed by atoms with Crippen molar-refractivity contribution in [1.82, 2.24) is 0 Å². The lowest BCUT2D eigenvalue weighted by molar-refractivity contribution is -0.132. The Morgan fingerprint density at radius 1 is 0.805 bits per heavy atom. The molecule has 0 atom stereocenters. The maximum absolute atomic E-state index is 13.3. The minimum Gasteiger partial charge on any atom is -0.423 e. The van der Waals surface area contributed by atoms with Crippen LogP contribution in [0.2, 0.25) is 0 Å². The van der Waals surface area contributed by atoms with Gasteiger partial charge in [0, 0.05) is 7.11 Å². The van der Waals surface area contributed by atoms with E-state index in [2.05, 4.69) is 44.3 Å². The van der Waals surface area contributed by atoms with E-state index in [1.165, 1.54) is 32.8 Å². The Hall–Kier alpha value is -4.03. The number of hydrogen-bond acceptors (Lipinski definition) is 5. The van der Waals surface area contributed by atoms with Crippen LogP contribution in [0, 0.1) is 5.92 Å². The minimum atomic E-state index is -1.12. The third kappa shape index (κ3) is 7.80. The zero-order valence-corrected chi connectivity index (χ0v) is 23.8. The van der Waals surface area contributed by atoms with Crippen LogP contribution in [0.15, 0.2) is 91.3 Å². The molecule has 0 heterocycles. The molecule has 41 heavy (non-hydrogen) atoms. The summed E-state index contributed by atoms with van der Waals surface area (Å²) in [5.74, 6) is -0.855. The molecule has 0 aromatic heterocycles. The zero-order valence-electron chi connectivity index (χ0n) is 23.8. The van der Waals surface area contributed by atoms with E-state index in [1.54, 1.807) is 18.2 Å². The lowest BCUT2D eigenvalue weighted by atomic mass is 9.75. The minimum absolute atomic E-state index is 0.117. The lowest BCUT2D eigenvalue weighted by Gasteiger charge is -2.30. The molecule has 1 fully saturated rings. The predicted molar refractivity (Wildman–Crippen MR) is 159 cm³/mol. The number of methoxy groups -OCH3 is 1. The molecule has 4 rings (SSSR count). The van der Waals surface area contributed by atoms with Gasteiger partial charge in [-0.1, -0.05) is 75.4 Å². The third-order valence-electron chi connectivity index (χ3n) is 7.64. The van der Waals surface area contributed by atoms with E-state index in [1.807, 2.05) is 24.3 Å². The maximum Gasteiger partial charge on any atom is 0.371 e. The monoisotopic (exact) mass is 556 g/mol. The number of benzene rings is 3. The van der Waals surface area contributed by atoms with E-state index in [0.717, 1.165) is 46.6 Å². The van der Waals surface area contributed by atoms with Crippen molar-refractivity contribution in [2.45, 2.75) is 51.4 Å². The van der Waals surface area contributed by atoms with Crippen molar-refractivity contribution < 1.29 is 28.2 Å². The summed E-state index contributed by atoms with van der Waals surface area (Å²) in [4.78, 5) is 23.9. The Kier molecular flexibility index (Phi) is 10.3. The molecular formula is C35H37FO5. The van der Waals surface area contributed by atoms with Gasteiger partial charge in [-0.2, -0.15) is 4.39 Å². The summed E-state index contributed by atoms with van der Waals surface area (Å²) in [6, 6.07) is 21.1. The number of esters is 2. The molecule has 0 saturated heterocycles. The number of halogens is 1. The Bertz CT molecular complexity index is 1380. The maximum atomic E-state index is 13.3. The first-order valence-corrected chi connectivity index (χ1v) is 14.1. The van der Waals surface area contributed by atoms with Crippen LogP contribution in [-0.2, 0) is 14.3 Å². The average molecular weight is 557 g/mol. The van der Waals surface area contributed by atoms with Gasteiger partial charge in [0.05, 0.1) is 12.2 Å². The van der Waals surface area contributed by atoms with Gasteiger partial charge in [0.2, 0.25) is 5.83 Å². The van der Waals surface area contributed by atoms with Crippen LogP contribution in [-0.4, -0.2) is 25.7 Å². The second-order valence-corrected chi connectivity index (χ2v) is 10.6. The molecule has 0 unspecified atom stereocenters. The van der Waals surface area contributed by atoms with Gasteiger partial charge in [0.15, 0.2) is 0 Å². The summed E-state index contributed by atoms with van der Waals surface area (Å²) >= 11 is 0. The highest BCUT2D eigenvalue weighted by atomic mass is 19.1. The molecule has 1 aliphatic rings. The molecule has 0 spiro atoms. The molecule has 0 radical (unpaired) electrons. The molecule has 6 heteroatoms. The second kappa shape index (κ2) is 14.0. The number of hydrogen-bond donors (Lipinski definition) is 0. The summed E-state index contributed by atoms with van der Waals surface area (Å²) in [6.07, 6.45) is 6.94. The van der Waals surface area contributed by atoms with E-state index >= 15 is 0 Å². The standard InChI is InChI=1S/C35H37FO5/c1-5-6-25-7-9-29(10-8-25)33-21-31(41-35(38)24(3)36)19-20-32(33)28-13-11-26(12-14-28)27-15-17-30(18-16-27)40-34(37)23(2)22-39-4/h11-21,25,29H,2-3,5-10,22H2,1,4H3. The summed E-state index contributed by atoms with van der Waals surface area (Å²) < 4.78 is 28.8. The molecule has 3 aromatic carbocycles. The number of carbonyl (C=O) groups is 2. The van der Waals surface area contributed by atoms with Gasteiger partial charge in [-0.25, -0.2) is 9.59 Å². The van der Waals surface area contributed by atoms with Crippen molar-refractivity contribution in [2.75, 3.05) is 13.7 Å².